The van der Waals surface area contributed by atoms with Crippen LogP contribution in [0.1, 0.15) is 10.6 Å². The molecule has 3 N–H and O–H groups in total. The van der Waals surface area contributed by atoms with E-state index in [1.165, 1.54) is 37.5 Å². The van der Waals surface area contributed by atoms with E-state index in [0.29, 0.717) is 10.6 Å². The summed E-state index contributed by atoms with van der Waals surface area (Å²) in [6.07, 6.45) is 1.26. The second-order valence-electron chi connectivity index (χ2n) is 5.58. The molecule has 0 radical (unpaired) electrons. The Morgan fingerprint density at radius 1 is 1.34 bits per heavy atom. The van der Waals surface area contributed by atoms with Gasteiger partial charge in [0, 0.05) is 17.0 Å². The molecule has 0 spiro atoms. The maximum atomic E-state index is 12.9. The van der Waals surface area contributed by atoms with Crippen LogP contribution in [0.15, 0.2) is 54.2 Å². The fourth-order valence-corrected chi connectivity index (χ4v) is 4.74. The summed E-state index contributed by atoms with van der Waals surface area (Å²) in [5.41, 5.74) is 0.964. The Bertz CT molecular complexity index is 1090. The number of ether oxygens (including phenoxy) is 1. The number of aromatic nitrogens is 1. The summed E-state index contributed by atoms with van der Waals surface area (Å²) in [6, 6.07) is 5.45. The fourth-order valence-electron chi connectivity index (χ4n) is 2.18. The number of nitrogens with zero attached hydrogens (tertiary/aromatic N) is 1. The molecule has 29 heavy (non-hydrogen) atoms. The lowest BCUT2D eigenvalue weighted by atomic mass is 10.2. The summed E-state index contributed by atoms with van der Waals surface area (Å²) in [5, 5.41) is 9.46. The molecule has 0 aliphatic heterocycles. The second kappa shape index (κ2) is 9.22. The summed E-state index contributed by atoms with van der Waals surface area (Å²) in [4.78, 5) is 4.28. The Labute approximate surface area is 174 Å². The number of phenols is 1. The van der Waals surface area contributed by atoms with Crippen LogP contribution in [0.3, 0.4) is 0 Å². The van der Waals surface area contributed by atoms with Gasteiger partial charge in [-0.2, -0.15) is 0 Å². The highest BCUT2D eigenvalue weighted by Crippen LogP contribution is 2.32. The van der Waals surface area contributed by atoms with E-state index in [0.717, 1.165) is 11.3 Å². The first-order valence-electron chi connectivity index (χ1n) is 7.83. The molecule has 0 amide bonds. The Morgan fingerprint density at radius 3 is 2.52 bits per heavy atom. The van der Waals surface area contributed by atoms with Crippen LogP contribution in [0.2, 0.25) is 0 Å². The molecule has 0 saturated carbocycles. The zero-order chi connectivity index (χ0) is 21.8. The second-order valence-corrected chi connectivity index (χ2v) is 8.91. The van der Waals surface area contributed by atoms with Gasteiger partial charge in [0.2, 0.25) is 0 Å². The van der Waals surface area contributed by atoms with E-state index in [1.54, 1.807) is 6.92 Å². The van der Waals surface area contributed by atoms with Crippen molar-refractivity contribution < 1.29 is 27.0 Å². The maximum Gasteiger partial charge on any atom is 0.265 e. The van der Waals surface area contributed by atoms with Crippen molar-refractivity contribution in [2.45, 2.75) is 6.92 Å². The SMILES string of the molecule is C=C(OC)/C(=C\C(=C)c1sc(NS(=O)[O-])nc1C)S(=O)(=O)Nc1ccc(O)cc1. The fraction of sp³-hybridized carbons (Fsp3) is 0.118. The number of aromatic hydroxyl groups is 1. The van der Waals surface area contributed by atoms with Crippen LogP contribution in [0.25, 0.3) is 5.57 Å². The number of aryl methyl sites for hydroxylation is 1. The van der Waals surface area contributed by atoms with Crippen LogP contribution in [-0.4, -0.2) is 34.4 Å². The van der Waals surface area contributed by atoms with Crippen molar-refractivity contribution in [2.75, 3.05) is 16.6 Å². The Hall–Kier alpha value is -2.67. The van der Waals surface area contributed by atoms with E-state index in [1.807, 2.05) is 0 Å². The normalized spacial score (nSPS) is 12.9. The first-order chi connectivity index (χ1) is 13.5. The highest BCUT2D eigenvalue weighted by atomic mass is 32.2. The summed E-state index contributed by atoms with van der Waals surface area (Å²) in [6.45, 7) is 9.11. The highest BCUT2D eigenvalue weighted by Gasteiger charge is 2.23. The molecule has 12 heteroatoms. The Kier molecular flexibility index (Phi) is 7.19. The minimum atomic E-state index is -4.11. The number of benzene rings is 1. The third-order valence-electron chi connectivity index (χ3n) is 3.49. The number of nitrogens with one attached hydrogen (secondary N) is 2. The molecule has 2 rings (SSSR count). The van der Waals surface area contributed by atoms with Crippen LogP contribution < -0.4 is 9.44 Å². The van der Waals surface area contributed by atoms with Crippen LogP contribution >= 0.6 is 11.3 Å². The van der Waals surface area contributed by atoms with Crippen molar-refractivity contribution in [3.8, 4) is 5.75 Å². The van der Waals surface area contributed by atoms with Crippen molar-refractivity contribution in [1.29, 1.82) is 0 Å². The van der Waals surface area contributed by atoms with Crippen LogP contribution in [0.4, 0.5) is 10.8 Å². The van der Waals surface area contributed by atoms with Gasteiger partial charge in [-0.15, -0.1) is 0 Å². The third kappa shape index (κ3) is 5.90. The average Bonchev–Trinajstić information content (AvgIpc) is 3.00. The minimum Gasteiger partial charge on any atom is -0.755 e. The van der Waals surface area contributed by atoms with E-state index < -0.39 is 21.3 Å². The molecule has 156 valence electrons. The molecular weight excluding hydrogens is 438 g/mol. The molecule has 0 aliphatic rings. The number of hydrogen-bond acceptors (Lipinski definition) is 8. The van der Waals surface area contributed by atoms with E-state index in [2.05, 4.69) is 27.6 Å². The molecule has 1 aromatic heterocycles. The Morgan fingerprint density at radius 2 is 1.97 bits per heavy atom. The van der Waals surface area contributed by atoms with E-state index in [-0.39, 0.29) is 32.8 Å². The topological polar surface area (TPSA) is 141 Å². The quantitative estimate of drug-likeness (QED) is 0.228. The van der Waals surface area contributed by atoms with Crippen molar-refractivity contribution in [3.05, 3.63) is 64.7 Å². The Balaban J connectivity index is 2.40. The third-order valence-corrected chi connectivity index (χ3v) is 6.56. The van der Waals surface area contributed by atoms with Crippen LogP contribution in [-0.2, 0) is 26.0 Å². The maximum absolute atomic E-state index is 12.9. The van der Waals surface area contributed by atoms with Gasteiger partial charge < -0.3 is 14.4 Å². The lowest BCUT2D eigenvalue weighted by Crippen LogP contribution is -2.17. The monoisotopic (exact) mass is 456 g/mol. The number of thiazole rings is 1. The number of allylic oxidation sites excluding steroid dienone is 2. The summed E-state index contributed by atoms with van der Waals surface area (Å²) in [7, 11) is -2.84. The zero-order valence-electron chi connectivity index (χ0n) is 15.5. The van der Waals surface area contributed by atoms with Gasteiger partial charge in [0.15, 0.2) is 5.13 Å². The van der Waals surface area contributed by atoms with Crippen LogP contribution in [0, 0.1) is 6.92 Å². The molecule has 0 aliphatic carbocycles. The van der Waals surface area contributed by atoms with E-state index in [9.17, 15) is 22.3 Å². The predicted molar refractivity (Wildman–Crippen MR) is 113 cm³/mol. The number of rotatable bonds is 9. The van der Waals surface area contributed by atoms with Gasteiger partial charge in [-0.3, -0.25) is 13.7 Å². The summed E-state index contributed by atoms with van der Waals surface area (Å²) >= 11 is -1.54. The largest absolute Gasteiger partial charge is 0.755 e. The van der Waals surface area contributed by atoms with Gasteiger partial charge in [0.05, 0.1) is 17.7 Å². The predicted octanol–water partition coefficient (Wildman–Crippen LogP) is 2.86. The van der Waals surface area contributed by atoms with Crippen molar-refractivity contribution >= 4 is 49.0 Å². The first kappa shape index (κ1) is 22.6. The number of methoxy groups -OCH3 is 1. The van der Waals surface area contributed by atoms with E-state index >= 15 is 0 Å². The smallest absolute Gasteiger partial charge is 0.265 e. The van der Waals surface area contributed by atoms with Gasteiger partial charge in [0.1, 0.15) is 16.4 Å². The van der Waals surface area contributed by atoms with Crippen LogP contribution in [0.5, 0.6) is 5.75 Å². The molecule has 1 heterocycles. The lowest BCUT2D eigenvalue weighted by Gasteiger charge is -2.13. The molecule has 2 aromatic rings. The van der Waals surface area contributed by atoms with Gasteiger partial charge in [-0.05, 0) is 42.8 Å². The highest BCUT2D eigenvalue weighted by molar-refractivity contribution is 7.96. The molecule has 0 saturated heterocycles. The number of anilines is 2. The number of phenolic OH excluding ortho intramolecular Hbond substituents is 1. The minimum absolute atomic E-state index is 0.0116. The van der Waals surface area contributed by atoms with Crippen molar-refractivity contribution in [2.24, 2.45) is 0 Å². The molecule has 9 nitrogen and oxygen atoms in total. The molecule has 0 bridgehead atoms. The molecular formula is C17H18N3O6S3-. The number of sulfonamides is 1. The average molecular weight is 457 g/mol. The van der Waals surface area contributed by atoms with Gasteiger partial charge in [-0.1, -0.05) is 24.5 Å². The summed E-state index contributed by atoms with van der Waals surface area (Å²) < 4.78 is 56.8. The molecule has 1 aromatic carbocycles. The number of hydrogen-bond donors (Lipinski definition) is 3. The van der Waals surface area contributed by atoms with Gasteiger partial charge in [0.25, 0.3) is 10.0 Å². The van der Waals surface area contributed by atoms with E-state index in [4.69, 9.17) is 4.74 Å². The molecule has 1 atom stereocenters. The van der Waals surface area contributed by atoms with Gasteiger partial charge in [-0.25, -0.2) is 13.4 Å². The zero-order valence-corrected chi connectivity index (χ0v) is 17.9. The van der Waals surface area contributed by atoms with Gasteiger partial charge >= 0.3 is 0 Å². The summed E-state index contributed by atoms with van der Waals surface area (Å²) in [5.74, 6) is -0.138. The standard InChI is InChI=1S/C17H19N3O6S3/c1-10(16-11(2)18-17(27-16)19-28(22)23)9-15(12(3)26-4)29(24,25)20-13-5-7-14(21)8-6-13/h5-9,20-21H,1,3H2,2,4H3,(H,18,19)(H,22,23)/p-1/b15-9+. The van der Waals surface area contributed by atoms with Crippen molar-refractivity contribution in [3.63, 3.8) is 0 Å². The van der Waals surface area contributed by atoms with Crippen molar-refractivity contribution in [1.82, 2.24) is 4.98 Å². The molecule has 0 fully saturated rings. The lowest BCUT2D eigenvalue weighted by molar-refractivity contribution is 0.306. The first-order valence-corrected chi connectivity index (χ1v) is 11.2. The molecule has 1 unspecified atom stereocenters.